The molecule has 0 saturated carbocycles. The zero-order valence-corrected chi connectivity index (χ0v) is 14.9. The first-order valence-electron chi connectivity index (χ1n) is 9.00. The van der Waals surface area contributed by atoms with E-state index in [9.17, 15) is 0 Å². The lowest BCUT2D eigenvalue weighted by atomic mass is 9.95. The average molecular weight is 357 g/mol. The van der Waals surface area contributed by atoms with Crippen LogP contribution in [-0.2, 0) is 0 Å². The van der Waals surface area contributed by atoms with E-state index in [2.05, 4.69) is 28.2 Å². The molecule has 1 aromatic heterocycles. The van der Waals surface area contributed by atoms with Crippen LogP contribution in [0.4, 0.5) is 0 Å². The Balaban J connectivity index is 1.63. The van der Waals surface area contributed by atoms with Crippen LogP contribution in [0.1, 0.15) is 35.4 Å². The highest BCUT2D eigenvalue weighted by Gasteiger charge is 2.42. The molecule has 0 saturated heterocycles. The number of rotatable bonds is 3. The lowest BCUT2D eigenvalue weighted by Gasteiger charge is -2.38. The fourth-order valence-corrected chi connectivity index (χ4v) is 3.79. The Labute approximate surface area is 157 Å². The van der Waals surface area contributed by atoms with Gasteiger partial charge < -0.3 is 9.47 Å². The first-order chi connectivity index (χ1) is 13.3. The third kappa shape index (κ3) is 2.63. The third-order valence-electron chi connectivity index (χ3n) is 5.08. The van der Waals surface area contributed by atoms with Crippen molar-refractivity contribution in [3.63, 3.8) is 0 Å². The van der Waals surface area contributed by atoms with Gasteiger partial charge in [-0.1, -0.05) is 48.5 Å². The van der Waals surface area contributed by atoms with Crippen LogP contribution >= 0.6 is 0 Å². The summed E-state index contributed by atoms with van der Waals surface area (Å²) in [6, 6.07) is 20.4. The lowest BCUT2D eigenvalue weighted by molar-refractivity contribution is -0.0211. The van der Waals surface area contributed by atoms with Gasteiger partial charge in [-0.2, -0.15) is 5.10 Å². The monoisotopic (exact) mass is 357 g/mol. The molecule has 0 bridgehead atoms. The minimum absolute atomic E-state index is 0.101. The fourth-order valence-electron chi connectivity index (χ4n) is 3.79. The molecule has 0 N–H and O–H groups in total. The average Bonchev–Trinajstić information content (AvgIpc) is 3.20. The molecule has 0 amide bonds. The number of methoxy groups -OCH3 is 1. The number of aromatic nitrogens is 1. The molecule has 3 aromatic rings. The molecule has 0 radical (unpaired) electrons. The van der Waals surface area contributed by atoms with E-state index in [0.717, 1.165) is 40.3 Å². The maximum atomic E-state index is 6.39. The van der Waals surface area contributed by atoms with Gasteiger partial charge in [-0.05, 0) is 17.7 Å². The molecular weight excluding hydrogens is 338 g/mol. The molecule has 3 heterocycles. The number of pyridine rings is 1. The Morgan fingerprint density at radius 3 is 2.70 bits per heavy atom. The van der Waals surface area contributed by atoms with E-state index in [4.69, 9.17) is 14.6 Å². The van der Waals surface area contributed by atoms with Crippen molar-refractivity contribution in [1.82, 2.24) is 9.99 Å². The van der Waals surface area contributed by atoms with Crippen molar-refractivity contribution in [2.45, 2.75) is 18.7 Å². The van der Waals surface area contributed by atoms with Crippen LogP contribution < -0.4 is 9.47 Å². The molecule has 2 aliphatic rings. The molecule has 27 heavy (non-hydrogen) atoms. The van der Waals surface area contributed by atoms with Crippen LogP contribution in [0.3, 0.4) is 0 Å². The largest absolute Gasteiger partial charge is 0.493 e. The molecule has 2 aliphatic heterocycles. The van der Waals surface area contributed by atoms with Gasteiger partial charge in [0.2, 0.25) is 6.23 Å². The van der Waals surface area contributed by atoms with Crippen LogP contribution in [0.15, 0.2) is 78.2 Å². The predicted molar refractivity (Wildman–Crippen MR) is 103 cm³/mol. The summed E-state index contributed by atoms with van der Waals surface area (Å²) in [5.41, 5.74) is 4.27. The van der Waals surface area contributed by atoms with Crippen LogP contribution in [0.25, 0.3) is 0 Å². The Kier molecular flexibility index (Phi) is 3.78. The van der Waals surface area contributed by atoms with Gasteiger partial charge in [0.1, 0.15) is 0 Å². The molecule has 134 valence electrons. The van der Waals surface area contributed by atoms with Crippen molar-refractivity contribution >= 4 is 5.71 Å². The summed E-state index contributed by atoms with van der Waals surface area (Å²) in [4.78, 5) is 4.26. The quantitative estimate of drug-likeness (QED) is 0.700. The fraction of sp³-hybridized carbons (Fsp3) is 0.182. The normalized spacial score (nSPS) is 20.3. The maximum absolute atomic E-state index is 6.39. The molecule has 2 atom stereocenters. The van der Waals surface area contributed by atoms with Gasteiger partial charge in [-0.15, -0.1) is 0 Å². The molecule has 0 fully saturated rings. The van der Waals surface area contributed by atoms with E-state index in [1.807, 2.05) is 48.7 Å². The number of nitrogens with zero attached hydrogens (tertiary/aromatic N) is 3. The topological polar surface area (TPSA) is 47.0 Å². The van der Waals surface area contributed by atoms with Crippen molar-refractivity contribution in [3.05, 3.63) is 89.7 Å². The number of hydrogen-bond donors (Lipinski definition) is 0. The molecule has 5 heteroatoms. The van der Waals surface area contributed by atoms with E-state index in [1.54, 1.807) is 13.3 Å². The summed E-state index contributed by atoms with van der Waals surface area (Å²) in [5.74, 6) is 1.54. The van der Waals surface area contributed by atoms with Crippen molar-refractivity contribution in [2.75, 3.05) is 7.11 Å². The number of ether oxygens (including phenoxy) is 2. The van der Waals surface area contributed by atoms with Crippen LogP contribution in [0.2, 0.25) is 0 Å². The van der Waals surface area contributed by atoms with E-state index in [1.165, 1.54) is 0 Å². The van der Waals surface area contributed by atoms with Crippen molar-refractivity contribution in [3.8, 4) is 11.5 Å². The number of hydrazone groups is 1. The van der Waals surface area contributed by atoms with Gasteiger partial charge in [0.15, 0.2) is 11.5 Å². The summed E-state index contributed by atoms with van der Waals surface area (Å²) < 4.78 is 12.0. The summed E-state index contributed by atoms with van der Waals surface area (Å²) in [6.07, 6.45) is 4.08. The van der Waals surface area contributed by atoms with Gasteiger partial charge >= 0.3 is 0 Å². The highest BCUT2D eigenvalue weighted by molar-refractivity contribution is 6.01. The van der Waals surface area contributed by atoms with E-state index in [-0.39, 0.29) is 12.3 Å². The molecule has 2 aromatic carbocycles. The Morgan fingerprint density at radius 1 is 1.04 bits per heavy atom. The minimum atomic E-state index is -0.339. The first kappa shape index (κ1) is 15.9. The highest BCUT2D eigenvalue weighted by Crippen LogP contribution is 2.50. The molecule has 5 rings (SSSR count). The van der Waals surface area contributed by atoms with Crippen LogP contribution in [0.5, 0.6) is 11.5 Å². The van der Waals surface area contributed by atoms with E-state index < -0.39 is 0 Å². The lowest BCUT2D eigenvalue weighted by Crippen LogP contribution is -2.33. The number of benzene rings is 2. The van der Waals surface area contributed by atoms with Crippen molar-refractivity contribution in [1.29, 1.82) is 0 Å². The molecule has 5 nitrogen and oxygen atoms in total. The van der Waals surface area contributed by atoms with E-state index in [0.29, 0.717) is 0 Å². The Morgan fingerprint density at radius 2 is 1.93 bits per heavy atom. The molecular formula is C22H19N3O2. The van der Waals surface area contributed by atoms with Gasteiger partial charge in [0.05, 0.1) is 18.9 Å². The van der Waals surface area contributed by atoms with Gasteiger partial charge in [-0.3, -0.25) is 4.98 Å². The highest BCUT2D eigenvalue weighted by atomic mass is 16.5. The second kappa shape index (κ2) is 6.43. The van der Waals surface area contributed by atoms with Gasteiger partial charge in [0, 0.05) is 29.9 Å². The van der Waals surface area contributed by atoms with Crippen LogP contribution in [0, 0.1) is 0 Å². The third-order valence-corrected chi connectivity index (χ3v) is 5.08. The zero-order chi connectivity index (χ0) is 18.2. The van der Waals surface area contributed by atoms with Gasteiger partial charge in [0.25, 0.3) is 0 Å². The standard InChI is InChI=1S/C22H19N3O2/c1-26-20-11-5-10-17-19-13-18(15-7-3-2-4-8-15)24-25(19)22(27-21(17)20)16-9-6-12-23-14-16/h2-12,14,19,22H,13H2,1H3/t19-,22+/m0/s1. The smallest absolute Gasteiger partial charge is 0.215 e. The van der Waals surface area contributed by atoms with Crippen LogP contribution in [-0.4, -0.2) is 22.8 Å². The Hall–Kier alpha value is -3.34. The second-order valence-corrected chi connectivity index (χ2v) is 6.65. The predicted octanol–water partition coefficient (Wildman–Crippen LogP) is 4.33. The number of para-hydroxylation sites is 1. The second-order valence-electron chi connectivity index (χ2n) is 6.65. The SMILES string of the molecule is COc1cccc2c1O[C@H](c1cccnc1)N1N=C(c3ccccc3)C[C@@H]21. The minimum Gasteiger partial charge on any atom is -0.493 e. The van der Waals surface area contributed by atoms with Gasteiger partial charge in [-0.25, -0.2) is 5.01 Å². The van der Waals surface area contributed by atoms with E-state index >= 15 is 0 Å². The molecule has 0 unspecified atom stereocenters. The summed E-state index contributed by atoms with van der Waals surface area (Å²) in [7, 11) is 1.67. The summed E-state index contributed by atoms with van der Waals surface area (Å²) >= 11 is 0. The van der Waals surface area contributed by atoms with Crippen molar-refractivity contribution in [2.24, 2.45) is 5.10 Å². The number of hydrogen-bond acceptors (Lipinski definition) is 5. The number of fused-ring (bicyclic) bond motifs is 3. The summed E-state index contributed by atoms with van der Waals surface area (Å²) in [6.45, 7) is 0. The molecule has 0 spiro atoms. The zero-order valence-electron chi connectivity index (χ0n) is 14.9. The maximum Gasteiger partial charge on any atom is 0.215 e. The Bertz CT molecular complexity index is 989. The molecule has 0 aliphatic carbocycles. The summed E-state index contributed by atoms with van der Waals surface area (Å²) in [5, 5.41) is 7.01. The first-order valence-corrected chi connectivity index (χ1v) is 9.00. The van der Waals surface area contributed by atoms with Crippen molar-refractivity contribution < 1.29 is 9.47 Å².